The molecular weight excluding hydrogens is 739 g/mol. The SMILES string of the molecule is C#CCOC(=O)C(C)(C)C.C[C@H](/C=C(/F)C=O)[C@H](C)O[Si](C)(C)C(C)(C)C.C[C@H](/C=C(/F)[C@@H](O)C#CCCOC(=O)C(C)(C)C)[C@H](C)O[Si](C)(C)C(C)(C)C. The summed E-state index contributed by atoms with van der Waals surface area (Å²) in [6.45, 7) is 40.0. The van der Waals surface area contributed by atoms with E-state index in [1.165, 1.54) is 12.2 Å². The normalized spacial score (nSPS) is 15.8. The van der Waals surface area contributed by atoms with Crippen molar-refractivity contribution in [2.24, 2.45) is 22.7 Å². The minimum Gasteiger partial charge on any atom is -0.464 e. The van der Waals surface area contributed by atoms with Crippen LogP contribution in [-0.4, -0.2) is 71.5 Å². The van der Waals surface area contributed by atoms with E-state index in [2.05, 4.69) is 90.2 Å². The molecule has 0 spiro atoms. The topological polar surface area (TPSA) is 108 Å². The summed E-state index contributed by atoms with van der Waals surface area (Å²) in [6.07, 6.45) is 6.33. The molecule has 0 rings (SSSR count). The van der Waals surface area contributed by atoms with Crippen molar-refractivity contribution in [3.8, 4) is 24.2 Å². The first kappa shape index (κ1) is 56.7. The predicted molar refractivity (Wildman–Crippen MR) is 226 cm³/mol. The summed E-state index contributed by atoms with van der Waals surface area (Å²) in [5, 5.41) is 10.1. The lowest BCUT2D eigenvalue weighted by molar-refractivity contribution is -0.153. The molecule has 0 aliphatic carbocycles. The molecule has 12 heteroatoms. The maximum absolute atomic E-state index is 14.2. The third kappa shape index (κ3) is 24.6. The summed E-state index contributed by atoms with van der Waals surface area (Å²) in [6, 6.07) is 0. The van der Waals surface area contributed by atoms with Gasteiger partial charge in [0.25, 0.3) is 0 Å². The lowest BCUT2D eigenvalue weighted by Gasteiger charge is -2.39. The summed E-state index contributed by atoms with van der Waals surface area (Å²) in [4.78, 5) is 32.8. The second-order valence-corrected chi connectivity index (χ2v) is 28.5. The van der Waals surface area contributed by atoms with Gasteiger partial charge in [-0.1, -0.05) is 73.2 Å². The number of allylic oxidation sites excluding steroid dienone is 1. The molecule has 0 saturated carbocycles. The molecule has 0 amide bonds. The Hall–Kier alpha value is -2.62. The van der Waals surface area contributed by atoms with Gasteiger partial charge in [-0.25, -0.2) is 8.78 Å². The Morgan fingerprint density at radius 2 is 1.11 bits per heavy atom. The number of esters is 2. The summed E-state index contributed by atoms with van der Waals surface area (Å²) < 4.78 is 49.3. The third-order valence-corrected chi connectivity index (χ3v) is 18.6. The Morgan fingerprint density at radius 1 is 0.727 bits per heavy atom. The number of ether oxygens (including phenoxy) is 2. The number of aliphatic hydroxyl groups is 1. The van der Waals surface area contributed by atoms with E-state index >= 15 is 0 Å². The van der Waals surface area contributed by atoms with Gasteiger partial charge in [0.2, 0.25) is 0 Å². The number of hydrogen-bond acceptors (Lipinski definition) is 8. The minimum atomic E-state index is -1.95. The van der Waals surface area contributed by atoms with Crippen LogP contribution in [0.1, 0.15) is 117 Å². The average Bonchev–Trinajstić information content (AvgIpc) is 3.01. The standard InChI is InChI=1S/C22H39FO4Si.C13H25FO2Si.C8H12O2/c1-16(17(2)27-28(9,10)22(6,7)8)15-18(23)19(24)13-11-12-14-26-20(25)21(3,4)5;1-10(8-12(14)9-15)11(2)16-17(6,7)13(3,4)5;1-5-6-10-7(9)8(2,3)4/h15-17,19,24H,12,14H2,1-10H3;8-11H,1-7H3;1H,6H2,2-4H3/b18-15+;12-8+;/t16-,17+,19+;10-,11+;/m11./s1. The average molecular weight is 815 g/mol. The molecule has 55 heavy (non-hydrogen) atoms. The van der Waals surface area contributed by atoms with Gasteiger partial charge in [0, 0.05) is 30.5 Å². The van der Waals surface area contributed by atoms with Gasteiger partial charge in [0.15, 0.2) is 41.5 Å². The molecule has 318 valence electrons. The Morgan fingerprint density at radius 3 is 1.45 bits per heavy atom. The molecule has 5 atom stereocenters. The van der Waals surface area contributed by atoms with Crippen LogP contribution in [0, 0.1) is 46.9 Å². The van der Waals surface area contributed by atoms with Crippen LogP contribution in [0.3, 0.4) is 0 Å². The molecule has 0 aliphatic rings. The van der Waals surface area contributed by atoms with Crippen LogP contribution in [0.5, 0.6) is 0 Å². The maximum atomic E-state index is 14.2. The van der Waals surface area contributed by atoms with Gasteiger partial charge >= 0.3 is 11.9 Å². The summed E-state index contributed by atoms with van der Waals surface area (Å²) in [5.74, 6) is 5.06. The molecule has 0 aromatic rings. The fourth-order valence-corrected chi connectivity index (χ4v) is 6.37. The van der Waals surface area contributed by atoms with Crippen molar-refractivity contribution in [3.05, 3.63) is 23.8 Å². The van der Waals surface area contributed by atoms with Gasteiger partial charge in [-0.05, 0) is 104 Å². The van der Waals surface area contributed by atoms with Gasteiger partial charge < -0.3 is 23.4 Å². The second kappa shape index (κ2) is 24.2. The number of terminal acetylenes is 1. The van der Waals surface area contributed by atoms with Crippen LogP contribution in [0.4, 0.5) is 8.78 Å². The van der Waals surface area contributed by atoms with Gasteiger partial charge in [0.05, 0.1) is 10.8 Å². The Kier molecular flexibility index (Phi) is 25.0. The number of aliphatic hydroxyl groups excluding tert-OH is 1. The Labute approximate surface area is 336 Å². The van der Waals surface area contributed by atoms with E-state index in [9.17, 15) is 28.3 Å². The first-order chi connectivity index (χ1) is 24.5. The summed E-state index contributed by atoms with van der Waals surface area (Å²) in [7, 11) is -3.78. The van der Waals surface area contributed by atoms with Crippen molar-refractivity contribution in [1.29, 1.82) is 0 Å². The molecule has 0 heterocycles. The molecule has 0 saturated heterocycles. The highest BCUT2D eigenvalue weighted by Gasteiger charge is 2.40. The zero-order valence-electron chi connectivity index (χ0n) is 37.9. The van der Waals surface area contributed by atoms with Gasteiger partial charge in [-0.3, -0.25) is 14.4 Å². The molecule has 0 unspecified atom stereocenters. The van der Waals surface area contributed by atoms with Crippen LogP contribution in [0.25, 0.3) is 0 Å². The van der Waals surface area contributed by atoms with Crippen molar-refractivity contribution in [2.45, 2.75) is 172 Å². The minimum absolute atomic E-state index is 0.0656. The quantitative estimate of drug-likeness (QED) is 0.0489. The lowest BCUT2D eigenvalue weighted by Crippen LogP contribution is -2.44. The zero-order chi connectivity index (χ0) is 44.4. The largest absolute Gasteiger partial charge is 0.464 e. The molecule has 0 bridgehead atoms. The van der Waals surface area contributed by atoms with Crippen molar-refractivity contribution >= 4 is 34.9 Å². The van der Waals surface area contributed by atoms with E-state index in [0.717, 1.165) is 0 Å². The van der Waals surface area contributed by atoms with Crippen molar-refractivity contribution in [3.63, 3.8) is 0 Å². The van der Waals surface area contributed by atoms with E-state index in [0.29, 0.717) is 0 Å². The highest BCUT2D eigenvalue weighted by atomic mass is 28.4. The summed E-state index contributed by atoms with van der Waals surface area (Å²) >= 11 is 0. The number of hydrogen-bond donors (Lipinski definition) is 1. The van der Waals surface area contributed by atoms with Gasteiger partial charge in [0.1, 0.15) is 12.4 Å². The number of aldehydes is 1. The van der Waals surface area contributed by atoms with E-state index in [-0.39, 0.29) is 72.0 Å². The first-order valence-corrected chi connectivity index (χ1v) is 24.8. The van der Waals surface area contributed by atoms with Crippen LogP contribution in [0.2, 0.25) is 36.3 Å². The lowest BCUT2D eigenvalue weighted by atomic mass is 9.97. The highest BCUT2D eigenvalue weighted by molar-refractivity contribution is 6.74. The second-order valence-electron chi connectivity index (χ2n) is 19.0. The van der Waals surface area contributed by atoms with E-state index in [1.54, 1.807) is 41.5 Å². The summed E-state index contributed by atoms with van der Waals surface area (Å²) in [5.41, 5.74) is -1.02. The van der Waals surface area contributed by atoms with Crippen LogP contribution in [-0.2, 0) is 32.7 Å². The number of carbonyl (C=O) groups is 3. The van der Waals surface area contributed by atoms with E-state index in [4.69, 9.17) is 20.0 Å². The van der Waals surface area contributed by atoms with Gasteiger partial charge in [-0.2, -0.15) is 0 Å². The fourth-order valence-electron chi connectivity index (χ4n) is 3.37. The smallest absolute Gasteiger partial charge is 0.312 e. The monoisotopic (exact) mass is 815 g/mol. The van der Waals surface area contributed by atoms with E-state index < -0.39 is 45.2 Å². The molecule has 0 aromatic heterocycles. The molecule has 0 radical (unpaired) electrons. The van der Waals surface area contributed by atoms with Crippen molar-refractivity contribution in [1.82, 2.24) is 0 Å². The number of rotatable bonds is 13. The maximum Gasteiger partial charge on any atom is 0.312 e. The molecular formula is C43H76F2O8Si2. The third-order valence-electron chi connectivity index (χ3n) is 9.48. The number of halogens is 2. The fraction of sp³-hybridized carbons (Fsp3) is 0.744. The molecule has 0 aromatic carbocycles. The van der Waals surface area contributed by atoms with Crippen LogP contribution in [0.15, 0.2) is 23.8 Å². The van der Waals surface area contributed by atoms with Gasteiger partial charge in [-0.15, -0.1) is 6.42 Å². The van der Waals surface area contributed by atoms with Crippen LogP contribution >= 0.6 is 0 Å². The molecule has 1 N–H and O–H groups in total. The van der Waals surface area contributed by atoms with Crippen LogP contribution < -0.4 is 0 Å². The number of carbonyl (C=O) groups excluding carboxylic acids is 3. The van der Waals surface area contributed by atoms with Crippen molar-refractivity contribution < 1.29 is 46.6 Å². The Bertz CT molecular complexity index is 1360. The molecule has 0 aliphatic heterocycles. The first-order valence-electron chi connectivity index (χ1n) is 19.0. The van der Waals surface area contributed by atoms with E-state index in [1.807, 2.05) is 27.7 Å². The zero-order valence-corrected chi connectivity index (χ0v) is 39.9. The van der Waals surface area contributed by atoms with Crippen molar-refractivity contribution in [2.75, 3.05) is 13.2 Å². The Balaban J connectivity index is -0.000000843. The molecule has 8 nitrogen and oxygen atoms in total. The molecule has 0 fully saturated rings. The predicted octanol–water partition coefficient (Wildman–Crippen LogP) is 10.5. The highest BCUT2D eigenvalue weighted by Crippen LogP contribution is 2.39.